The number of para-hydroxylation sites is 1. The van der Waals surface area contributed by atoms with Gasteiger partial charge in [-0.2, -0.15) is 5.10 Å². The molecule has 1 heterocycles. The predicted octanol–water partition coefficient (Wildman–Crippen LogP) is 3.76. The van der Waals surface area contributed by atoms with E-state index in [4.69, 9.17) is 0 Å². The third-order valence-corrected chi connectivity index (χ3v) is 4.78. The van der Waals surface area contributed by atoms with E-state index in [0.717, 1.165) is 23.2 Å². The Bertz CT molecular complexity index is 857. The first-order chi connectivity index (χ1) is 12.2. The molecule has 1 fully saturated rings. The van der Waals surface area contributed by atoms with E-state index in [-0.39, 0.29) is 11.8 Å². The summed E-state index contributed by atoms with van der Waals surface area (Å²) in [7, 11) is 1.91. The lowest BCUT2D eigenvalue weighted by Crippen LogP contribution is -2.32. The smallest absolute Gasteiger partial charge is 0.231 e. The van der Waals surface area contributed by atoms with Gasteiger partial charge >= 0.3 is 0 Å². The van der Waals surface area contributed by atoms with Crippen molar-refractivity contribution in [1.82, 2.24) is 9.78 Å². The molecule has 2 aromatic carbocycles. The van der Waals surface area contributed by atoms with E-state index in [1.165, 1.54) is 0 Å². The molecule has 1 amide bonds. The Kier molecular flexibility index (Phi) is 4.10. The number of carbonyl (C=O) groups is 1. The van der Waals surface area contributed by atoms with Crippen LogP contribution in [0, 0.1) is 5.92 Å². The predicted molar refractivity (Wildman–Crippen MR) is 98.1 cm³/mol. The Labute approximate surface area is 147 Å². The Balaban J connectivity index is 1.57. The highest BCUT2D eigenvalue weighted by Gasteiger charge is 2.46. The average Bonchev–Trinajstić information content (AvgIpc) is 3.34. The highest BCUT2D eigenvalue weighted by atomic mass is 16.2. The van der Waals surface area contributed by atoms with Crippen molar-refractivity contribution < 1.29 is 4.79 Å². The minimum Gasteiger partial charge on any atom is -0.308 e. The molecule has 2 atom stereocenters. The molecule has 1 aliphatic carbocycles. The van der Waals surface area contributed by atoms with Gasteiger partial charge in [0.25, 0.3) is 0 Å². The third-order valence-electron chi connectivity index (χ3n) is 4.78. The van der Waals surface area contributed by atoms with Crippen LogP contribution < -0.4 is 4.90 Å². The molecule has 25 heavy (non-hydrogen) atoms. The van der Waals surface area contributed by atoms with Gasteiger partial charge in [-0.05, 0) is 35.6 Å². The molecule has 0 unspecified atom stereocenters. The van der Waals surface area contributed by atoms with Crippen molar-refractivity contribution in [3.8, 4) is 0 Å². The van der Waals surface area contributed by atoms with E-state index in [2.05, 4.69) is 17.2 Å². The van der Waals surface area contributed by atoms with Gasteiger partial charge in [0.15, 0.2) is 0 Å². The summed E-state index contributed by atoms with van der Waals surface area (Å²) in [6, 6.07) is 20.1. The van der Waals surface area contributed by atoms with E-state index < -0.39 is 0 Å². The van der Waals surface area contributed by atoms with Crippen LogP contribution in [0.1, 0.15) is 23.5 Å². The zero-order chi connectivity index (χ0) is 17.2. The molecule has 4 heteroatoms. The van der Waals surface area contributed by atoms with Gasteiger partial charge in [0.05, 0.1) is 12.7 Å². The zero-order valence-corrected chi connectivity index (χ0v) is 14.2. The highest BCUT2D eigenvalue weighted by molar-refractivity contribution is 5.97. The first-order valence-corrected chi connectivity index (χ1v) is 8.61. The van der Waals surface area contributed by atoms with Crippen LogP contribution in [0.4, 0.5) is 5.69 Å². The number of aromatic nitrogens is 2. The van der Waals surface area contributed by atoms with Crippen LogP contribution in [-0.2, 0) is 18.4 Å². The molecule has 0 N–H and O–H groups in total. The Hall–Kier alpha value is -2.88. The van der Waals surface area contributed by atoms with Crippen LogP contribution in [0.5, 0.6) is 0 Å². The lowest BCUT2D eigenvalue weighted by molar-refractivity contribution is -0.120. The van der Waals surface area contributed by atoms with Crippen LogP contribution in [-0.4, -0.2) is 15.7 Å². The number of aryl methyl sites for hydroxylation is 1. The van der Waals surface area contributed by atoms with Gasteiger partial charge in [-0.3, -0.25) is 9.48 Å². The second-order valence-corrected chi connectivity index (χ2v) is 6.64. The molecule has 1 saturated carbocycles. The second-order valence-electron chi connectivity index (χ2n) is 6.64. The SMILES string of the molecule is Cn1cc([C@H]2C[C@@H]2C(=O)N(Cc2ccccc2)c2ccccc2)cn1. The molecule has 3 aromatic rings. The average molecular weight is 331 g/mol. The standard InChI is InChI=1S/C21H21N3O/c1-23-15-17(13-22-23)19-12-20(19)21(25)24(18-10-6-3-7-11-18)14-16-8-4-2-5-9-16/h2-11,13,15,19-20H,12,14H2,1H3/t19-,20+/m1/s1. The summed E-state index contributed by atoms with van der Waals surface area (Å²) in [5.41, 5.74) is 3.25. The maximum absolute atomic E-state index is 13.2. The number of hydrogen-bond donors (Lipinski definition) is 0. The summed E-state index contributed by atoms with van der Waals surface area (Å²) >= 11 is 0. The molecular weight excluding hydrogens is 310 g/mol. The van der Waals surface area contributed by atoms with Crippen molar-refractivity contribution in [3.05, 3.63) is 84.2 Å². The lowest BCUT2D eigenvalue weighted by atomic mass is 10.1. The van der Waals surface area contributed by atoms with Crippen molar-refractivity contribution in [3.63, 3.8) is 0 Å². The number of anilines is 1. The van der Waals surface area contributed by atoms with Gasteiger partial charge in [0.2, 0.25) is 5.91 Å². The number of benzene rings is 2. The summed E-state index contributed by atoms with van der Waals surface area (Å²) in [6.45, 7) is 0.597. The van der Waals surface area contributed by atoms with Crippen molar-refractivity contribution in [1.29, 1.82) is 0 Å². The largest absolute Gasteiger partial charge is 0.308 e. The molecule has 4 rings (SSSR count). The third kappa shape index (κ3) is 3.33. The number of hydrogen-bond acceptors (Lipinski definition) is 2. The molecule has 126 valence electrons. The lowest BCUT2D eigenvalue weighted by Gasteiger charge is -2.23. The highest BCUT2D eigenvalue weighted by Crippen LogP contribution is 2.48. The van der Waals surface area contributed by atoms with Crippen molar-refractivity contribution in [2.75, 3.05) is 4.90 Å². The molecule has 1 aliphatic rings. The Morgan fingerprint density at radius 3 is 2.44 bits per heavy atom. The normalized spacial score (nSPS) is 18.8. The number of carbonyl (C=O) groups excluding carboxylic acids is 1. The van der Waals surface area contributed by atoms with Crippen molar-refractivity contribution in [2.24, 2.45) is 13.0 Å². The van der Waals surface area contributed by atoms with Crippen LogP contribution in [0.15, 0.2) is 73.1 Å². The topological polar surface area (TPSA) is 38.1 Å². The minimum absolute atomic E-state index is 0.0492. The quantitative estimate of drug-likeness (QED) is 0.714. The van der Waals surface area contributed by atoms with E-state index in [1.54, 1.807) is 4.68 Å². The first kappa shape index (κ1) is 15.6. The van der Waals surface area contributed by atoms with Crippen LogP contribution >= 0.6 is 0 Å². The maximum atomic E-state index is 13.2. The van der Waals surface area contributed by atoms with Gasteiger partial charge in [0, 0.05) is 24.8 Å². The van der Waals surface area contributed by atoms with E-state index in [0.29, 0.717) is 12.5 Å². The minimum atomic E-state index is 0.0492. The van der Waals surface area contributed by atoms with Gasteiger partial charge in [0.1, 0.15) is 0 Å². The number of nitrogens with zero attached hydrogens (tertiary/aromatic N) is 3. The first-order valence-electron chi connectivity index (χ1n) is 8.61. The fraction of sp³-hybridized carbons (Fsp3) is 0.238. The fourth-order valence-corrected chi connectivity index (χ4v) is 3.34. The van der Waals surface area contributed by atoms with Crippen LogP contribution in [0.2, 0.25) is 0 Å². The molecule has 0 aliphatic heterocycles. The van der Waals surface area contributed by atoms with E-state index >= 15 is 0 Å². The van der Waals surface area contributed by atoms with Gasteiger partial charge in [-0.1, -0.05) is 48.5 Å². The number of rotatable bonds is 5. The van der Waals surface area contributed by atoms with Gasteiger partial charge in [-0.25, -0.2) is 0 Å². The van der Waals surface area contributed by atoms with E-state index in [1.807, 2.05) is 72.9 Å². The fourth-order valence-electron chi connectivity index (χ4n) is 3.34. The molecule has 0 radical (unpaired) electrons. The summed E-state index contributed by atoms with van der Waals surface area (Å²) in [6.07, 6.45) is 4.80. The monoisotopic (exact) mass is 331 g/mol. The Morgan fingerprint density at radius 1 is 1.12 bits per heavy atom. The molecule has 0 spiro atoms. The van der Waals surface area contributed by atoms with Crippen molar-refractivity contribution >= 4 is 11.6 Å². The summed E-state index contributed by atoms with van der Waals surface area (Å²) < 4.78 is 1.80. The summed E-state index contributed by atoms with van der Waals surface area (Å²) in [5.74, 6) is 0.542. The van der Waals surface area contributed by atoms with Crippen molar-refractivity contribution in [2.45, 2.75) is 18.9 Å². The van der Waals surface area contributed by atoms with Crippen LogP contribution in [0.3, 0.4) is 0 Å². The molecule has 0 saturated heterocycles. The second kappa shape index (κ2) is 6.55. The molecule has 1 aromatic heterocycles. The zero-order valence-electron chi connectivity index (χ0n) is 14.2. The molecular formula is C21H21N3O. The van der Waals surface area contributed by atoms with Gasteiger partial charge in [-0.15, -0.1) is 0 Å². The van der Waals surface area contributed by atoms with Gasteiger partial charge < -0.3 is 4.90 Å². The van der Waals surface area contributed by atoms with Crippen LogP contribution in [0.25, 0.3) is 0 Å². The summed E-state index contributed by atoms with van der Waals surface area (Å²) in [5, 5.41) is 4.23. The van der Waals surface area contributed by atoms with E-state index in [9.17, 15) is 4.79 Å². The Morgan fingerprint density at radius 2 is 1.80 bits per heavy atom. The molecule has 0 bridgehead atoms. The molecule has 4 nitrogen and oxygen atoms in total. The number of amides is 1. The summed E-state index contributed by atoms with van der Waals surface area (Å²) in [4.78, 5) is 15.1. The maximum Gasteiger partial charge on any atom is 0.231 e.